The molecule has 0 heterocycles. The van der Waals surface area contributed by atoms with Gasteiger partial charge >= 0.3 is 5.97 Å². The van der Waals surface area contributed by atoms with Crippen molar-refractivity contribution in [1.82, 2.24) is 5.32 Å². The Morgan fingerprint density at radius 3 is 2.50 bits per heavy atom. The van der Waals surface area contributed by atoms with E-state index < -0.39 is 0 Å². The highest BCUT2D eigenvalue weighted by molar-refractivity contribution is 7.80. The van der Waals surface area contributed by atoms with Crippen LogP contribution in [0.3, 0.4) is 0 Å². The van der Waals surface area contributed by atoms with Crippen LogP contribution in [0.25, 0.3) is 17.2 Å². The van der Waals surface area contributed by atoms with Gasteiger partial charge in [-0.15, -0.1) is 0 Å². The number of thiocarbonyl (C=S) groups is 1. The first-order valence-electron chi connectivity index (χ1n) is 10.5. The van der Waals surface area contributed by atoms with Crippen molar-refractivity contribution in [3.8, 4) is 11.1 Å². The molecule has 1 N–H and O–H groups in total. The fraction of sp³-hybridized carbons (Fsp3) is 0.360. The normalized spacial score (nSPS) is 10.8. The lowest BCUT2D eigenvalue weighted by molar-refractivity contribution is -0.134. The summed E-state index contributed by atoms with van der Waals surface area (Å²) in [6.45, 7) is 3.14. The Morgan fingerprint density at radius 2 is 1.80 bits per heavy atom. The SMILES string of the molecule is CCCCCCCNC(=S)N(C)c1cccc(-c2ccc(C=CC(=O)OC)cc2)c1. The van der Waals surface area contributed by atoms with Gasteiger partial charge in [-0.3, -0.25) is 0 Å². The summed E-state index contributed by atoms with van der Waals surface area (Å²) >= 11 is 5.57. The lowest BCUT2D eigenvalue weighted by Gasteiger charge is -2.22. The van der Waals surface area contributed by atoms with Crippen LogP contribution in [0.15, 0.2) is 54.6 Å². The van der Waals surface area contributed by atoms with E-state index >= 15 is 0 Å². The van der Waals surface area contributed by atoms with Crippen molar-refractivity contribution >= 4 is 35.1 Å². The van der Waals surface area contributed by atoms with Crippen LogP contribution in [0.5, 0.6) is 0 Å². The minimum absolute atomic E-state index is 0.361. The van der Waals surface area contributed by atoms with Crippen molar-refractivity contribution in [3.05, 3.63) is 60.2 Å². The van der Waals surface area contributed by atoms with E-state index in [4.69, 9.17) is 12.2 Å². The van der Waals surface area contributed by atoms with Gasteiger partial charge in [0, 0.05) is 25.4 Å². The third-order valence-electron chi connectivity index (χ3n) is 4.95. The van der Waals surface area contributed by atoms with Gasteiger partial charge in [0.15, 0.2) is 5.11 Å². The molecule has 0 saturated heterocycles. The van der Waals surface area contributed by atoms with E-state index in [0.717, 1.165) is 40.5 Å². The lowest BCUT2D eigenvalue weighted by Crippen LogP contribution is -2.37. The molecule has 0 aliphatic heterocycles. The van der Waals surface area contributed by atoms with Crippen molar-refractivity contribution in [2.75, 3.05) is 25.6 Å². The van der Waals surface area contributed by atoms with E-state index in [1.807, 2.05) is 42.3 Å². The number of hydrogen-bond acceptors (Lipinski definition) is 3. The average Bonchev–Trinajstić information content (AvgIpc) is 2.79. The molecule has 2 rings (SSSR count). The van der Waals surface area contributed by atoms with Gasteiger partial charge in [-0.1, -0.05) is 69.0 Å². The standard InChI is InChI=1S/C25H32N2O2S/c1-4-5-6-7-8-18-26-25(30)27(2)23-11-9-10-22(19-23)21-15-12-20(13-16-21)14-17-24(28)29-3/h9-17,19H,4-8,18H2,1-3H3,(H,26,30). The number of rotatable bonds is 10. The number of ether oxygens (including phenoxy) is 1. The number of esters is 1. The Morgan fingerprint density at radius 1 is 1.07 bits per heavy atom. The number of benzene rings is 2. The monoisotopic (exact) mass is 424 g/mol. The molecule has 0 aromatic heterocycles. The number of nitrogens with one attached hydrogen (secondary N) is 1. The Hall–Kier alpha value is -2.66. The molecule has 4 nitrogen and oxygen atoms in total. The molecular weight excluding hydrogens is 392 g/mol. The predicted molar refractivity (Wildman–Crippen MR) is 131 cm³/mol. The van der Waals surface area contributed by atoms with Crippen LogP contribution in [0.2, 0.25) is 0 Å². The second-order valence-electron chi connectivity index (χ2n) is 7.23. The number of methoxy groups -OCH3 is 1. The number of unbranched alkanes of at least 4 members (excludes halogenated alkanes) is 4. The molecule has 0 fully saturated rings. The molecule has 0 aliphatic carbocycles. The van der Waals surface area contributed by atoms with Crippen LogP contribution in [0.1, 0.15) is 44.6 Å². The number of anilines is 1. The Labute approximate surface area is 185 Å². The van der Waals surface area contributed by atoms with E-state index in [0.29, 0.717) is 0 Å². The highest BCUT2D eigenvalue weighted by Gasteiger charge is 2.08. The summed E-state index contributed by atoms with van der Waals surface area (Å²) < 4.78 is 4.62. The quantitative estimate of drug-likeness (QED) is 0.225. The molecule has 0 spiro atoms. The maximum Gasteiger partial charge on any atom is 0.330 e. The largest absolute Gasteiger partial charge is 0.466 e. The first-order valence-corrected chi connectivity index (χ1v) is 10.9. The molecule has 0 unspecified atom stereocenters. The van der Waals surface area contributed by atoms with Gasteiger partial charge in [-0.05, 0) is 53.5 Å². The summed E-state index contributed by atoms with van der Waals surface area (Å²) in [4.78, 5) is 13.2. The molecule has 0 bridgehead atoms. The minimum Gasteiger partial charge on any atom is -0.466 e. The van der Waals surface area contributed by atoms with Crippen molar-refractivity contribution in [2.45, 2.75) is 39.0 Å². The Bertz CT molecular complexity index is 846. The lowest BCUT2D eigenvalue weighted by atomic mass is 10.0. The first kappa shape index (κ1) is 23.6. The topological polar surface area (TPSA) is 41.6 Å². The van der Waals surface area contributed by atoms with Crippen LogP contribution in [-0.4, -0.2) is 31.8 Å². The number of carbonyl (C=O) groups is 1. The maximum atomic E-state index is 11.2. The molecule has 0 atom stereocenters. The fourth-order valence-electron chi connectivity index (χ4n) is 3.07. The molecule has 30 heavy (non-hydrogen) atoms. The van der Waals surface area contributed by atoms with Crippen molar-refractivity contribution in [3.63, 3.8) is 0 Å². The highest BCUT2D eigenvalue weighted by atomic mass is 32.1. The average molecular weight is 425 g/mol. The van der Waals surface area contributed by atoms with Crippen molar-refractivity contribution in [2.24, 2.45) is 0 Å². The Balaban J connectivity index is 1.97. The van der Waals surface area contributed by atoms with Gasteiger partial charge in [0.2, 0.25) is 0 Å². The van der Waals surface area contributed by atoms with E-state index in [1.165, 1.54) is 38.9 Å². The minimum atomic E-state index is -0.361. The van der Waals surface area contributed by atoms with Crippen LogP contribution in [-0.2, 0) is 9.53 Å². The number of nitrogens with zero attached hydrogens (tertiary/aromatic N) is 1. The highest BCUT2D eigenvalue weighted by Crippen LogP contribution is 2.25. The molecule has 2 aromatic rings. The summed E-state index contributed by atoms with van der Waals surface area (Å²) in [6.07, 6.45) is 9.41. The van der Waals surface area contributed by atoms with Crippen LogP contribution in [0, 0.1) is 0 Å². The summed E-state index contributed by atoms with van der Waals surface area (Å²) in [5, 5.41) is 4.11. The second kappa shape index (κ2) is 12.8. The van der Waals surface area contributed by atoms with E-state index in [9.17, 15) is 4.79 Å². The molecule has 0 aliphatic rings. The summed E-state index contributed by atoms with van der Waals surface area (Å²) in [7, 11) is 3.36. The van der Waals surface area contributed by atoms with Gasteiger partial charge in [0.25, 0.3) is 0 Å². The molecule has 0 radical (unpaired) electrons. The zero-order valence-electron chi connectivity index (χ0n) is 18.2. The van der Waals surface area contributed by atoms with E-state index in [1.54, 1.807) is 6.08 Å². The van der Waals surface area contributed by atoms with Gasteiger partial charge < -0.3 is 15.0 Å². The number of carbonyl (C=O) groups excluding carboxylic acids is 1. The Kier molecular flexibility index (Phi) is 10.1. The third-order valence-corrected chi connectivity index (χ3v) is 5.37. The second-order valence-corrected chi connectivity index (χ2v) is 7.62. The smallest absolute Gasteiger partial charge is 0.330 e. The van der Waals surface area contributed by atoms with E-state index in [-0.39, 0.29) is 5.97 Å². The van der Waals surface area contributed by atoms with Crippen molar-refractivity contribution in [1.29, 1.82) is 0 Å². The molecule has 160 valence electrons. The molecule has 5 heteroatoms. The maximum absolute atomic E-state index is 11.2. The number of hydrogen-bond donors (Lipinski definition) is 1. The zero-order valence-corrected chi connectivity index (χ0v) is 19.0. The first-order chi connectivity index (χ1) is 14.5. The van der Waals surface area contributed by atoms with Crippen molar-refractivity contribution < 1.29 is 9.53 Å². The van der Waals surface area contributed by atoms with Gasteiger partial charge in [-0.25, -0.2) is 4.79 Å². The zero-order chi connectivity index (χ0) is 21.8. The summed E-state index contributed by atoms with van der Waals surface area (Å²) in [5.41, 5.74) is 4.22. The third kappa shape index (κ3) is 7.64. The molecular formula is C25H32N2O2S. The molecule has 0 saturated carbocycles. The molecule has 0 amide bonds. The van der Waals surface area contributed by atoms with Crippen LogP contribution in [0.4, 0.5) is 5.69 Å². The summed E-state index contributed by atoms with van der Waals surface area (Å²) in [5.74, 6) is -0.361. The van der Waals surface area contributed by atoms with Gasteiger partial charge in [-0.2, -0.15) is 0 Å². The fourth-order valence-corrected chi connectivity index (χ4v) is 3.28. The van der Waals surface area contributed by atoms with Crippen LogP contribution >= 0.6 is 12.2 Å². The van der Waals surface area contributed by atoms with Gasteiger partial charge in [0.05, 0.1) is 7.11 Å². The predicted octanol–water partition coefficient (Wildman–Crippen LogP) is 5.82. The molecule has 2 aromatic carbocycles. The van der Waals surface area contributed by atoms with Gasteiger partial charge in [0.1, 0.15) is 0 Å². The van der Waals surface area contributed by atoms with Crippen LogP contribution < -0.4 is 10.2 Å². The summed E-state index contributed by atoms with van der Waals surface area (Å²) in [6, 6.07) is 16.4. The van der Waals surface area contributed by atoms with E-state index in [2.05, 4.69) is 35.2 Å².